The van der Waals surface area contributed by atoms with Crippen molar-refractivity contribution in [3.05, 3.63) is 35.4 Å². The van der Waals surface area contributed by atoms with Crippen LogP contribution in [0.3, 0.4) is 0 Å². The first kappa shape index (κ1) is 13.0. The Morgan fingerprint density at radius 1 is 1.28 bits per heavy atom. The summed E-state index contributed by atoms with van der Waals surface area (Å²) in [6.07, 6.45) is 2.37. The monoisotopic (exact) mass is 254 g/mol. The fraction of sp³-hybridized carbons (Fsp3) is 0.462. The third-order valence-electron chi connectivity index (χ3n) is 3.11. The maximum atomic E-state index is 13.3. The van der Waals surface area contributed by atoms with Gasteiger partial charge in [-0.25, -0.2) is 8.78 Å². The summed E-state index contributed by atoms with van der Waals surface area (Å²) < 4.78 is 26.3. The van der Waals surface area contributed by atoms with Crippen molar-refractivity contribution in [2.45, 2.75) is 12.8 Å². The molecule has 1 heterocycles. The molecule has 1 aromatic rings. The van der Waals surface area contributed by atoms with E-state index >= 15 is 0 Å². The first-order valence-corrected chi connectivity index (χ1v) is 6.13. The Hall–Kier alpha value is -1.49. The maximum Gasteiger partial charge on any atom is 0.254 e. The number of hydrogen-bond acceptors (Lipinski definition) is 2. The molecule has 1 N–H and O–H groups in total. The maximum absolute atomic E-state index is 13.3. The van der Waals surface area contributed by atoms with Crippen LogP contribution in [0.5, 0.6) is 0 Å². The summed E-state index contributed by atoms with van der Waals surface area (Å²) >= 11 is 0. The van der Waals surface area contributed by atoms with Crippen LogP contribution in [0.25, 0.3) is 0 Å². The van der Waals surface area contributed by atoms with Gasteiger partial charge in [0.25, 0.3) is 5.91 Å². The van der Waals surface area contributed by atoms with E-state index in [1.165, 1.54) is 25.0 Å². The van der Waals surface area contributed by atoms with Gasteiger partial charge in [0.1, 0.15) is 0 Å². The number of hydrogen-bond donors (Lipinski definition) is 1. The van der Waals surface area contributed by atoms with E-state index in [-0.39, 0.29) is 5.56 Å². The SMILES string of the molecule is O=C(NCCN1CCCC1)c1cccc(F)c1F. The molecule has 98 valence electrons. The zero-order chi connectivity index (χ0) is 13.0. The van der Waals surface area contributed by atoms with Gasteiger partial charge in [-0.1, -0.05) is 6.07 Å². The molecule has 18 heavy (non-hydrogen) atoms. The normalized spacial score (nSPS) is 15.9. The highest BCUT2D eigenvalue weighted by Crippen LogP contribution is 2.11. The van der Waals surface area contributed by atoms with Crippen LogP contribution in [0.4, 0.5) is 8.78 Å². The van der Waals surface area contributed by atoms with E-state index in [4.69, 9.17) is 0 Å². The summed E-state index contributed by atoms with van der Waals surface area (Å²) in [5.74, 6) is -2.65. The number of nitrogens with zero attached hydrogens (tertiary/aromatic N) is 1. The van der Waals surface area contributed by atoms with E-state index in [1.54, 1.807) is 0 Å². The number of rotatable bonds is 4. The number of carbonyl (C=O) groups is 1. The smallest absolute Gasteiger partial charge is 0.254 e. The van der Waals surface area contributed by atoms with E-state index in [0.29, 0.717) is 6.54 Å². The number of amides is 1. The highest BCUT2D eigenvalue weighted by Gasteiger charge is 2.15. The van der Waals surface area contributed by atoms with Gasteiger partial charge in [-0.3, -0.25) is 4.79 Å². The molecule has 0 bridgehead atoms. The van der Waals surface area contributed by atoms with Crippen LogP contribution in [0, 0.1) is 11.6 Å². The molecule has 0 atom stereocenters. The second-order valence-corrected chi connectivity index (χ2v) is 4.41. The molecular weight excluding hydrogens is 238 g/mol. The number of halogens is 2. The second-order valence-electron chi connectivity index (χ2n) is 4.41. The summed E-state index contributed by atoms with van der Waals surface area (Å²) in [5, 5.41) is 2.61. The first-order chi connectivity index (χ1) is 8.68. The Morgan fingerprint density at radius 3 is 2.72 bits per heavy atom. The molecule has 2 rings (SSSR count). The standard InChI is InChI=1S/C13H16F2N2O/c14-11-5-3-4-10(12(11)15)13(18)16-6-9-17-7-1-2-8-17/h3-5H,1-2,6-9H2,(H,16,18). The van der Waals surface area contributed by atoms with Crippen molar-refractivity contribution in [1.82, 2.24) is 10.2 Å². The van der Waals surface area contributed by atoms with Crippen LogP contribution in [0.15, 0.2) is 18.2 Å². The van der Waals surface area contributed by atoms with E-state index in [2.05, 4.69) is 10.2 Å². The summed E-state index contributed by atoms with van der Waals surface area (Å²) in [6, 6.07) is 3.60. The lowest BCUT2D eigenvalue weighted by atomic mass is 10.2. The molecule has 1 saturated heterocycles. The average Bonchev–Trinajstić information content (AvgIpc) is 2.85. The summed E-state index contributed by atoms with van der Waals surface area (Å²) in [5.41, 5.74) is -0.239. The molecule has 1 aliphatic rings. The Balaban J connectivity index is 1.85. The Bertz CT molecular complexity index is 431. The van der Waals surface area contributed by atoms with Gasteiger partial charge in [0.05, 0.1) is 5.56 Å². The predicted octanol–water partition coefficient (Wildman–Crippen LogP) is 1.79. The zero-order valence-corrected chi connectivity index (χ0v) is 10.1. The van der Waals surface area contributed by atoms with Gasteiger partial charge in [0, 0.05) is 13.1 Å². The number of nitrogens with one attached hydrogen (secondary N) is 1. The lowest BCUT2D eigenvalue weighted by Gasteiger charge is -2.14. The lowest BCUT2D eigenvalue weighted by Crippen LogP contribution is -2.33. The van der Waals surface area contributed by atoms with Crippen molar-refractivity contribution in [3.8, 4) is 0 Å². The summed E-state index contributed by atoms with van der Waals surface area (Å²) in [4.78, 5) is 13.9. The van der Waals surface area contributed by atoms with Crippen molar-refractivity contribution in [3.63, 3.8) is 0 Å². The van der Waals surface area contributed by atoms with Gasteiger partial charge in [0.15, 0.2) is 11.6 Å². The van der Waals surface area contributed by atoms with Gasteiger partial charge in [-0.2, -0.15) is 0 Å². The van der Waals surface area contributed by atoms with E-state index in [1.807, 2.05) is 0 Å². The minimum Gasteiger partial charge on any atom is -0.351 e. The highest BCUT2D eigenvalue weighted by molar-refractivity contribution is 5.94. The van der Waals surface area contributed by atoms with E-state index in [0.717, 1.165) is 25.7 Å². The molecule has 0 aliphatic carbocycles. The third kappa shape index (κ3) is 3.04. The molecular formula is C13H16F2N2O. The van der Waals surface area contributed by atoms with E-state index in [9.17, 15) is 13.6 Å². The van der Waals surface area contributed by atoms with Gasteiger partial charge in [0.2, 0.25) is 0 Å². The van der Waals surface area contributed by atoms with Gasteiger partial charge in [-0.05, 0) is 38.1 Å². The number of carbonyl (C=O) groups excluding carboxylic acids is 1. The molecule has 0 radical (unpaired) electrons. The largest absolute Gasteiger partial charge is 0.351 e. The minimum atomic E-state index is -1.09. The van der Waals surface area contributed by atoms with E-state index < -0.39 is 17.5 Å². The summed E-state index contributed by atoms with van der Waals surface area (Å²) in [7, 11) is 0. The van der Waals surface area contributed by atoms with Gasteiger partial charge in [-0.15, -0.1) is 0 Å². The predicted molar refractivity (Wildman–Crippen MR) is 64.4 cm³/mol. The molecule has 0 spiro atoms. The summed E-state index contributed by atoms with van der Waals surface area (Å²) in [6.45, 7) is 3.30. The van der Waals surface area contributed by atoms with Crippen LogP contribution in [0.1, 0.15) is 23.2 Å². The molecule has 0 unspecified atom stereocenters. The molecule has 1 amide bonds. The van der Waals surface area contributed by atoms with Gasteiger partial charge >= 0.3 is 0 Å². The molecule has 1 fully saturated rings. The Kier molecular flexibility index (Phi) is 4.25. The Labute approximate surface area is 105 Å². The fourth-order valence-corrected chi connectivity index (χ4v) is 2.11. The second kappa shape index (κ2) is 5.91. The van der Waals surface area contributed by atoms with Crippen LogP contribution >= 0.6 is 0 Å². The number of benzene rings is 1. The molecule has 0 saturated carbocycles. The zero-order valence-electron chi connectivity index (χ0n) is 10.1. The van der Waals surface area contributed by atoms with Crippen molar-refractivity contribution in [1.29, 1.82) is 0 Å². The molecule has 1 aromatic carbocycles. The topological polar surface area (TPSA) is 32.3 Å². The fourth-order valence-electron chi connectivity index (χ4n) is 2.11. The van der Waals surface area contributed by atoms with Crippen LogP contribution in [0.2, 0.25) is 0 Å². The quantitative estimate of drug-likeness (QED) is 0.888. The minimum absolute atomic E-state index is 0.239. The van der Waals surface area contributed by atoms with Crippen LogP contribution in [-0.4, -0.2) is 37.0 Å². The molecule has 0 aromatic heterocycles. The van der Waals surface area contributed by atoms with Crippen molar-refractivity contribution >= 4 is 5.91 Å². The van der Waals surface area contributed by atoms with Crippen molar-refractivity contribution in [2.75, 3.05) is 26.2 Å². The average molecular weight is 254 g/mol. The molecule has 5 heteroatoms. The third-order valence-corrected chi connectivity index (χ3v) is 3.11. The van der Waals surface area contributed by atoms with Crippen LogP contribution < -0.4 is 5.32 Å². The number of likely N-dealkylation sites (tertiary alicyclic amines) is 1. The van der Waals surface area contributed by atoms with Crippen molar-refractivity contribution in [2.24, 2.45) is 0 Å². The van der Waals surface area contributed by atoms with Gasteiger partial charge < -0.3 is 10.2 Å². The molecule has 3 nitrogen and oxygen atoms in total. The lowest BCUT2D eigenvalue weighted by molar-refractivity contribution is 0.0944. The first-order valence-electron chi connectivity index (χ1n) is 6.13. The molecule has 1 aliphatic heterocycles. The Morgan fingerprint density at radius 2 is 2.00 bits per heavy atom. The van der Waals surface area contributed by atoms with Crippen molar-refractivity contribution < 1.29 is 13.6 Å². The van der Waals surface area contributed by atoms with Crippen LogP contribution in [-0.2, 0) is 0 Å². The highest BCUT2D eigenvalue weighted by atomic mass is 19.2.